The lowest BCUT2D eigenvalue weighted by Crippen LogP contribution is -2.45. The van der Waals surface area contributed by atoms with Crippen LogP contribution in [-0.2, 0) is 16.4 Å². The average molecular weight is 311 g/mol. The summed E-state index contributed by atoms with van der Waals surface area (Å²) in [5.74, 6) is 0. The Kier molecular flexibility index (Phi) is 6.13. The van der Waals surface area contributed by atoms with Crippen molar-refractivity contribution in [2.45, 2.75) is 44.0 Å². The lowest BCUT2D eigenvalue weighted by atomic mass is 10.1. The highest BCUT2D eigenvalue weighted by atomic mass is 32.2. The number of benzene rings is 1. The molecule has 1 rings (SSSR count). The van der Waals surface area contributed by atoms with Crippen LogP contribution in [0.25, 0.3) is 0 Å². The van der Waals surface area contributed by atoms with Gasteiger partial charge >= 0.3 is 0 Å². The minimum absolute atomic E-state index is 0.136. The molecule has 0 aliphatic heterocycles. The summed E-state index contributed by atoms with van der Waals surface area (Å²) in [5, 5.41) is 8.82. The molecule has 4 nitrogen and oxygen atoms in total. The van der Waals surface area contributed by atoms with Crippen molar-refractivity contribution in [3.05, 3.63) is 42.5 Å². The topological polar surface area (TPSA) is 57.6 Å². The Bertz CT molecular complexity index is 556. The Hall–Kier alpha value is -1.17. The summed E-state index contributed by atoms with van der Waals surface area (Å²) >= 11 is 0. The minimum Gasteiger partial charge on any atom is -0.396 e. The molecule has 0 atom stereocenters. The van der Waals surface area contributed by atoms with Gasteiger partial charge in [0.15, 0.2) is 0 Å². The lowest BCUT2D eigenvalue weighted by Gasteiger charge is -2.33. The Morgan fingerprint density at radius 2 is 1.81 bits per heavy atom. The zero-order chi connectivity index (χ0) is 16.1. The van der Waals surface area contributed by atoms with E-state index in [4.69, 9.17) is 5.11 Å². The standard InChI is InChI=1S/C16H25NO3S/c1-5-12-17(16(2,3)4)21(19,20)15-10-8-14(9-11-15)7-6-13-18/h5,8-11,18H,1,6-7,12-13H2,2-4H3. The van der Waals surface area contributed by atoms with E-state index in [1.807, 2.05) is 20.8 Å². The van der Waals surface area contributed by atoms with Crippen molar-refractivity contribution in [2.75, 3.05) is 13.2 Å². The quantitative estimate of drug-likeness (QED) is 0.787. The van der Waals surface area contributed by atoms with Crippen LogP contribution in [0, 0.1) is 0 Å². The first-order chi connectivity index (χ1) is 9.73. The first-order valence-corrected chi connectivity index (χ1v) is 8.51. The Morgan fingerprint density at radius 1 is 1.24 bits per heavy atom. The maximum atomic E-state index is 12.7. The molecule has 0 spiro atoms. The molecule has 5 heteroatoms. The molecule has 0 aliphatic rings. The average Bonchev–Trinajstić information content (AvgIpc) is 2.41. The van der Waals surface area contributed by atoms with Crippen molar-refractivity contribution in [3.63, 3.8) is 0 Å². The molecule has 0 aromatic heterocycles. The number of rotatable bonds is 7. The van der Waals surface area contributed by atoms with Gasteiger partial charge in [0.1, 0.15) is 0 Å². The SMILES string of the molecule is C=CCN(C(C)(C)C)S(=O)(=O)c1ccc(CCCO)cc1. The van der Waals surface area contributed by atoms with Gasteiger partial charge in [-0.25, -0.2) is 8.42 Å². The second-order valence-corrected chi connectivity index (χ2v) is 7.83. The molecule has 1 aromatic rings. The Labute approximate surface area is 128 Å². The monoisotopic (exact) mass is 311 g/mol. The van der Waals surface area contributed by atoms with E-state index in [1.165, 1.54) is 4.31 Å². The second kappa shape index (κ2) is 7.20. The predicted molar refractivity (Wildman–Crippen MR) is 85.7 cm³/mol. The number of aryl methyl sites for hydroxylation is 1. The van der Waals surface area contributed by atoms with Crippen LogP contribution < -0.4 is 0 Å². The van der Waals surface area contributed by atoms with Crippen molar-refractivity contribution in [2.24, 2.45) is 0 Å². The van der Waals surface area contributed by atoms with Crippen LogP contribution in [0.1, 0.15) is 32.8 Å². The Balaban J connectivity index is 3.08. The van der Waals surface area contributed by atoms with Crippen molar-refractivity contribution in [1.29, 1.82) is 0 Å². The fraction of sp³-hybridized carbons (Fsp3) is 0.500. The molecule has 0 saturated carbocycles. The fourth-order valence-corrected chi connectivity index (χ4v) is 3.85. The molecule has 1 N–H and O–H groups in total. The highest BCUT2D eigenvalue weighted by Gasteiger charge is 2.32. The maximum absolute atomic E-state index is 12.7. The van der Waals surface area contributed by atoms with Gasteiger partial charge in [0.05, 0.1) is 4.90 Å². The number of hydrogen-bond donors (Lipinski definition) is 1. The third kappa shape index (κ3) is 4.66. The largest absolute Gasteiger partial charge is 0.396 e. The van der Waals surface area contributed by atoms with Gasteiger partial charge in [0.2, 0.25) is 10.0 Å². The molecule has 0 saturated heterocycles. The van der Waals surface area contributed by atoms with E-state index in [9.17, 15) is 8.42 Å². The number of aliphatic hydroxyl groups excluding tert-OH is 1. The van der Waals surface area contributed by atoms with E-state index >= 15 is 0 Å². The first-order valence-electron chi connectivity index (χ1n) is 7.07. The third-order valence-corrected chi connectivity index (χ3v) is 5.32. The maximum Gasteiger partial charge on any atom is 0.243 e. The summed E-state index contributed by atoms with van der Waals surface area (Å²) in [4.78, 5) is 0.284. The summed E-state index contributed by atoms with van der Waals surface area (Å²) < 4.78 is 26.9. The van der Waals surface area contributed by atoms with Crippen molar-refractivity contribution in [3.8, 4) is 0 Å². The van der Waals surface area contributed by atoms with Gasteiger partial charge in [-0.3, -0.25) is 0 Å². The number of aliphatic hydroxyl groups is 1. The summed E-state index contributed by atoms with van der Waals surface area (Å²) in [6.45, 7) is 9.65. The molecule has 1 aromatic carbocycles. The van der Waals surface area contributed by atoms with Crippen LogP contribution in [0.2, 0.25) is 0 Å². The van der Waals surface area contributed by atoms with Crippen LogP contribution in [0.5, 0.6) is 0 Å². The minimum atomic E-state index is -3.55. The van der Waals surface area contributed by atoms with Crippen LogP contribution in [0.15, 0.2) is 41.8 Å². The molecule has 0 amide bonds. The van der Waals surface area contributed by atoms with Gasteiger partial charge < -0.3 is 5.11 Å². The van der Waals surface area contributed by atoms with Crippen molar-refractivity contribution < 1.29 is 13.5 Å². The van der Waals surface area contributed by atoms with Gasteiger partial charge in [-0.15, -0.1) is 6.58 Å². The van der Waals surface area contributed by atoms with E-state index in [2.05, 4.69) is 6.58 Å². The first kappa shape index (κ1) is 17.9. The lowest BCUT2D eigenvalue weighted by molar-refractivity contribution is 0.270. The van der Waals surface area contributed by atoms with E-state index in [1.54, 1.807) is 30.3 Å². The normalized spacial score (nSPS) is 12.6. The fourth-order valence-electron chi connectivity index (χ4n) is 2.09. The summed E-state index contributed by atoms with van der Waals surface area (Å²) in [6.07, 6.45) is 3.02. The molecule has 0 fully saturated rings. The molecule has 0 bridgehead atoms. The van der Waals surface area contributed by atoms with E-state index in [-0.39, 0.29) is 18.0 Å². The van der Waals surface area contributed by atoms with Gasteiger partial charge in [0, 0.05) is 18.7 Å². The smallest absolute Gasteiger partial charge is 0.243 e. The van der Waals surface area contributed by atoms with E-state index in [0.29, 0.717) is 6.42 Å². The van der Waals surface area contributed by atoms with Gasteiger partial charge in [0.25, 0.3) is 0 Å². The molecule has 0 radical (unpaired) electrons. The third-order valence-electron chi connectivity index (χ3n) is 3.18. The van der Waals surface area contributed by atoms with Crippen LogP contribution in [-0.4, -0.2) is 36.5 Å². The van der Waals surface area contributed by atoms with Gasteiger partial charge in [-0.2, -0.15) is 4.31 Å². The van der Waals surface area contributed by atoms with Crippen LogP contribution in [0.3, 0.4) is 0 Å². The molecule has 21 heavy (non-hydrogen) atoms. The van der Waals surface area contributed by atoms with Gasteiger partial charge in [-0.1, -0.05) is 18.2 Å². The highest BCUT2D eigenvalue weighted by molar-refractivity contribution is 7.89. The van der Waals surface area contributed by atoms with E-state index in [0.717, 1.165) is 12.0 Å². The van der Waals surface area contributed by atoms with Crippen molar-refractivity contribution in [1.82, 2.24) is 4.31 Å². The summed E-state index contributed by atoms with van der Waals surface area (Å²) in [5.41, 5.74) is 0.511. The number of sulfonamides is 1. The second-order valence-electron chi connectivity index (χ2n) is 5.97. The van der Waals surface area contributed by atoms with Gasteiger partial charge in [-0.05, 0) is 51.3 Å². The molecule has 0 heterocycles. The molecular weight excluding hydrogens is 286 g/mol. The summed E-state index contributed by atoms with van der Waals surface area (Å²) in [7, 11) is -3.55. The molecular formula is C16H25NO3S. The number of nitrogens with zero attached hydrogens (tertiary/aromatic N) is 1. The van der Waals surface area contributed by atoms with E-state index < -0.39 is 15.6 Å². The highest BCUT2D eigenvalue weighted by Crippen LogP contribution is 2.24. The summed E-state index contributed by atoms with van der Waals surface area (Å²) in [6, 6.07) is 6.86. The Morgan fingerprint density at radius 3 is 2.24 bits per heavy atom. The predicted octanol–water partition coefficient (Wildman–Crippen LogP) is 2.59. The number of hydrogen-bond acceptors (Lipinski definition) is 3. The van der Waals surface area contributed by atoms with Crippen molar-refractivity contribution >= 4 is 10.0 Å². The zero-order valence-electron chi connectivity index (χ0n) is 13.0. The molecule has 0 unspecified atom stereocenters. The molecule has 118 valence electrons. The zero-order valence-corrected chi connectivity index (χ0v) is 13.9. The van der Waals surface area contributed by atoms with Crippen LogP contribution >= 0.6 is 0 Å². The van der Waals surface area contributed by atoms with Crippen LogP contribution in [0.4, 0.5) is 0 Å². The molecule has 0 aliphatic carbocycles.